The maximum atomic E-state index is 8.74. The molecule has 1 aromatic heterocycles. The van der Waals surface area contributed by atoms with E-state index in [1.54, 1.807) is 0 Å². The summed E-state index contributed by atoms with van der Waals surface area (Å²) in [6.45, 7) is 3.81. The van der Waals surface area contributed by atoms with Gasteiger partial charge >= 0.3 is 0 Å². The largest absolute Gasteiger partial charge is 1.00 e. The van der Waals surface area contributed by atoms with Crippen LogP contribution in [-0.2, 0) is 13.0 Å². The van der Waals surface area contributed by atoms with Gasteiger partial charge in [0.05, 0.1) is 0 Å². The van der Waals surface area contributed by atoms with Crippen molar-refractivity contribution in [1.29, 1.82) is 0 Å². The molecule has 2 nitrogen and oxygen atoms in total. The molecule has 1 N–H and O–H groups in total. The van der Waals surface area contributed by atoms with E-state index in [1.807, 2.05) is 0 Å². The molecule has 0 saturated heterocycles. The van der Waals surface area contributed by atoms with Gasteiger partial charge in [0.25, 0.3) is 0 Å². The number of hydrogen-bond donors (Lipinski definition) is 1. The van der Waals surface area contributed by atoms with Crippen molar-refractivity contribution < 1.29 is 26.7 Å². The highest BCUT2D eigenvalue weighted by Gasteiger charge is 2.03. The minimum Gasteiger partial charge on any atom is -1.00 e. The molecule has 3 heteroatoms. The Bertz CT molecular complexity index is 411. The summed E-state index contributed by atoms with van der Waals surface area (Å²) in [5.41, 5.74) is 1.50. The smallest absolute Gasteiger partial charge is 0.171 e. The molecule has 0 amide bonds. The number of pyridine rings is 1. The maximum absolute atomic E-state index is 8.74. The van der Waals surface area contributed by atoms with Crippen LogP contribution in [0, 0.1) is 0 Å². The van der Waals surface area contributed by atoms with E-state index in [0.29, 0.717) is 6.61 Å². The van der Waals surface area contributed by atoms with Crippen LogP contribution in [0.3, 0.4) is 0 Å². The molecule has 26 heavy (non-hydrogen) atoms. The lowest BCUT2D eigenvalue weighted by Crippen LogP contribution is -3.00. The van der Waals surface area contributed by atoms with Crippen molar-refractivity contribution in [2.75, 3.05) is 6.61 Å². The monoisotopic (exact) mass is 427 g/mol. The first-order valence-corrected chi connectivity index (χ1v) is 11.0. The van der Waals surface area contributed by atoms with Crippen LogP contribution in [0.15, 0.2) is 24.5 Å². The second kappa shape index (κ2) is 19.4. The van der Waals surface area contributed by atoms with Gasteiger partial charge in [0, 0.05) is 24.7 Å². The maximum Gasteiger partial charge on any atom is 0.171 e. The van der Waals surface area contributed by atoms with E-state index < -0.39 is 0 Å². The Morgan fingerprint density at radius 3 is 1.96 bits per heavy atom. The number of rotatable bonds is 17. The lowest BCUT2D eigenvalue weighted by molar-refractivity contribution is -0.697. The molecular formula is C23H42BrNO. The molecule has 0 aromatic carbocycles. The summed E-state index contributed by atoms with van der Waals surface area (Å²) in [6.07, 6.45) is 24.2. The SMILES string of the molecule is CCCCCCc1ccc[n+](CCCCCCCCCCCCO)c1.[Br-]. The molecule has 0 radical (unpaired) electrons. The summed E-state index contributed by atoms with van der Waals surface area (Å²) in [7, 11) is 0. The zero-order valence-electron chi connectivity index (χ0n) is 17.1. The van der Waals surface area contributed by atoms with Crippen LogP contribution in [0.25, 0.3) is 0 Å². The first-order valence-electron chi connectivity index (χ1n) is 11.0. The Kier molecular flexibility index (Phi) is 19.0. The third-order valence-electron chi connectivity index (χ3n) is 5.06. The predicted octanol–water partition coefficient (Wildman–Crippen LogP) is 2.99. The van der Waals surface area contributed by atoms with Gasteiger partial charge in [-0.25, -0.2) is 4.57 Å². The molecule has 0 aliphatic carbocycles. The van der Waals surface area contributed by atoms with Crippen molar-refractivity contribution in [2.24, 2.45) is 0 Å². The number of aromatic nitrogens is 1. The summed E-state index contributed by atoms with van der Waals surface area (Å²) < 4.78 is 2.39. The van der Waals surface area contributed by atoms with Crippen molar-refractivity contribution >= 4 is 0 Å². The molecular weight excluding hydrogens is 386 g/mol. The second-order valence-corrected chi connectivity index (χ2v) is 7.52. The molecule has 0 aliphatic heterocycles. The van der Waals surface area contributed by atoms with Gasteiger partial charge in [-0.05, 0) is 31.7 Å². The number of hydrogen-bond acceptors (Lipinski definition) is 1. The van der Waals surface area contributed by atoms with E-state index in [4.69, 9.17) is 5.11 Å². The quantitative estimate of drug-likeness (QED) is 0.299. The van der Waals surface area contributed by atoms with Crippen LogP contribution in [0.2, 0.25) is 0 Å². The van der Waals surface area contributed by atoms with Gasteiger partial charge in [0.2, 0.25) is 0 Å². The summed E-state index contributed by atoms with van der Waals surface area (Å²) >= 11 is 0. The number of aliphatic hydroxyl groups excluding tert-OH is 1. The molecule has 1 aromatic rings. The Morgan fingerprint density at radius 2 is 1.35 bits per heavy atom. The molecule has 0 aliphatic rings. The lowest BCUT2D eigenvalue weighted by atomic mass is 10.1. The van der Waals surface area contributed by atoms with Crippen molar-refractivity contribution in [3.05, 3.63) is 30.1 Å². The van der Waals surface area contributed by atoms with Crippen LogP contribution in [0.5, 0.6) is 0 Å². The van der Waals surface area contributed by atoms with Gasteiger partial charge in [0.15, 0.2) is 12.4 Å². The topological polar surface area (TPSA) is 24.1 Å². The van der Waals surface area contributed by atoms with E-state index in [0.717, 1.165) is 6.42 Å². The van der Waals surface area contributed by atoms with Crippen molar-refractivity contribution in [3.63, 3.8) is 0 Å². The van der Waals surface area contributed by atoms with Crippen LogP contribution in [0.1, 0.15) is 102 Å². The predicted molar refractivity (Wildman–Crippen MR) is 108 cm³/mol. The van der Waals surface area contributed by atoms with E-state index in [9.17, 15) is 0 Å². The molecule has 152 valence electrons. The average molecular weight is 428 g/mol. The Hall–Kier alpha value is -0.410. The summed E-state index contributed by atoms with van der Waals surface area (Å²) in [5, 5.41) is 8.74. The number of nitrogens with zero attached hydrogens (tertiary/aromatic N) is 1. The van der Waals surface area contributed by atoms with Gasteiger partial charge in [0.1, 0.15) is 6.54 Å². The molecule has 0 fully saturated rings. The zero-order chi connectivity index (χ0) is 18.0. The first-order chi connectivity index (χ1) is 12.4. The standard InChI is InChI=1S/C23H42NO.BrH/c1-2-3-4-13-17-23-18-16-20-24(22-23)19-14-11-9-7-5-6-8-10-12-15-21-25;/h16,18,20,22,25H,2-15,17,19,21H2,1H3;1H/q+1;/p-1. The Morgan fingerprint density at radius 1 is 0.769 bits per heavy atom. The fourth-order valence-corrected chi connectivity index (χ4v) is 3.44. The molecule has 0 bridgehead atoms. The third kappa shape index (κ3) is 14.7. The van der Waals surface area contributed by atoms with E-state index in [-0.39, 0.29) is 17.0 Å². The first kappa shape index (κ1) is 25.6. The number of halogens is 1. The zero-order valence-corrected chi connectivity index (χ0v) is 18.7. The summed E-state index contributed by atoms with van der Waals surface area (Å²) in [5.74, 6) is 0. The van der Waals surface area contributed by atoms with Gasteiger partial charge in [-0.1, -0.05) is 71.1 Å². The number of aryl methyl sites for hydroxylation is 2. The van der Waals surface area contributed by atoms with Gasteiger partial charge < -0.3 is 22.1 Å². The fourth-order valence-electron chi connectivity index (χ4n) is 3.44. The average Bonchev–Trinajstić information content (AvgIpc) is 2.64. The number of aliphatic hydroxyl groups is 1. The normalized spacial score (nSPS) is 10.7. The van der Waals surface area contributed by atoms with Gasteiger partial charge in [-0.2, -0.15) is 0 Å². The van der Waals surface area contributed by atoms with Crippen LogP contribution >= 0.6 is 0 Å². The Labute approximate surface area is 173 Å². The highest BCUT2D eigenvalue weighted by atomic mass is 79.9. The molecule has 0 atom stereocenters. The molecule has 1 rings (SSSR count). The highest BCUT2D eigenvalue weighted by Crippen LogP contribution is 2.10. The minimum absolute atomic E-state index is 0. The van der Waals surface area contributed by atoms with Crippen molar-refractivity contribution in [1.82, 2.24) is 0 Å². The minimum atomic E-state index is 0. The van der Waals surface area contributed by atoms with E-state index in [1.165, 1.54) is 102 Å². The van der Waals surface area contributed by atoms with E-state index in [2.05, 4.69) is 36.0 Å². The second-order valence-electron chi connectivity index (χ2n) is 7.52. The highest BCUT2D eigenvalue weighted by molar-refractivity contribution is 5.05. The number of unbranched alkanes of at least 4 members (excludes halogenated alkanes) is 12. The molecule has 1 heterocycles. The summed E-state index contributed by atoms with van der Waals surface area (Å²) in [4.78, 5) is 0. The van der Waals surface area contributed by atoms with Crippen LogP contribution in [-0.4, -0.2) is 11.7 Å². The van der Waals surface area contributed by atoms with Crippen LogP contribution < -0.4 is 21.5 Å². The lowest BCUT2D eigenvalue weighted by Gasteiger charge is -2.03. The van der Waals surface area contributed by atoms with E-state index >= 15 is 0 Å². The Balaban J connectivity index is 0.00000625. The molecule has 0 spiro atoms. The molecule has 0 unspecified atom stereocenters. The van der Waals surface area contributed by atoms with Gasteiger partial charge in [-0.3, -0.25) is 0 Å². The molecule has 0 saturated carbocycles. The van der Waals surface area contributed by atoms with Gasteiger partial charge in [-0.15, -0.1) is 0 Å². The van der Waals surface area contributed by atoms with Crippen LogP contribution in [0.4, 0.5) is 0 Å². The van der Waals surface area contributed by atoms with Crippen molar-refractivity contribution in [3.8, 4) is 0 Å². The van der Waals surface area contributed by atoms with Crippen molar-refractivity contribution in [2.45, 2.75) is 110 Å². The fraction of sp³-hybridized carbons (Fsp3) is 0.783. The summed E-state index contributed by atoms with van der Waals surface area (Å²) in [6, 6.07) is 4.49. The third-order valence-corrected chi connectivity index (χ3v) is 5.06.